The fraction of sp³-hybridized carbons (Fsp3) is 0. The lowest BCUT2D eigenvalue weighted by atomic mass is 10.1. The van der Waals surface area contributed by atoms with E-state index in [0.29, 0.717) is 6.07 Å². The van der Waals surface area contributed by atoms with E-state index in [0.717, 1.165) is 12.1 Å². The molecule has 9 heteroatoms. The van der Waals surface area contributed by atoms with Crippen molar-refractivity contribution in [1.29, 1.82) is 0 Å². The number of hydrogen-bond acceptors (Lipinski definition) is 6. The minimum absolute atomic E-state index is 0.0758. The molecule has 0 aliphatic carbocycles. The van der Waals surface area contributed by atoms with E-state index in [1.165, 1.54) is 12.1 Å². The molecule has 2 aromatic carbocycles. The van der Waals surface area contributed by atoms with Gasteiger partial charge in [0.25, 0.3) is 15.4 Å². The predicted octanol–water partition coefficient (Wildman–Crippen LogP) is 2.31. The number of rotatable bonds is 4. The molecule has 0 saturated heterocycles. The lowest BCUT2D eigenvalue weighted by Gasteiger charge is -2.08. The monoisotopic (exact) mass is 368 g/mol. The number of carbonyl (C=O) groups is 3. The van der Waals surface area contributed by atoms with E-state index in [2.05, 4.69) is 4.74 Å². The van der Waals surface area contributed by atoms with Crippen molar-refractivity contribution in [2.75, 3.05) is 0 Å². The first-order valence-corrected chi connectivity index (χ1v) is 8.15. The molecule has 0 aliphatic heterocycles. The van der Waals surface area contributed by atoms with Crippen molar-refractivity contribution >= 4 is 38.9 Å². The van der Waals surface area contributed by atoms with Crippen LogP contribution >= 0.6 is 11.6 Å². The van der Waals surface area contributed by atoms with E-state index in [1.807, 2.05) is 0 Å². The fourth-order valence-corrected chi connectivity index (χ4v) is 2.62. The van der Waals surface area contributed by atoms with Crippen LogP contribution in [0.2, 0.25) is 0 Å². The first-order valence-electron chi connectivity index (χ1n) is 6.33. The second-order valence-electron chi connectivity index (χ2n) is 4.50. The number of halogens is 1. The van der Waals surface area contributed by atoms with E-state index in [-0.39, 0.29) is 11.1 Å². The third-order valence-electron chi connectivity index (χ3n) is 2.90. The van der Waals surface area contributed by atoms with Crippen molar-refractivity contribution in [3.05, 3.63) is 65.2 Å². The summed E-state index contributed by atoms with van der Waals surface area (Å²) in [6.07, 6.45) is 0. The molecule has 0 unspecified atom stereocenters. The van der Waals surface area contributed by atoms with Gasteiger partial charge in [-0.25, -0.2) is 9.59 Å². The molecule has 2 aromatic rings. The molecule has 0 aromatic heterocycles. The largest absolute Gasteiger partial charge is 0.386 e. The Morgan fingerprint density at radius 3 is 2.08 bits per heavy atom. The standard InChI is InChI=1S/C15H9ClO7S/c16-13(17)10-6-7-11(12(8-10)24(20,21)22)15(19)23-14(18)9-4-2-1-3-5-9/h1-8H,(H,20,21,22). The summed E-state index contributed by atoms with van der Waals surface area (Å²) in [7, 11) is -4.86. The first kappa shape index (κ1) is 17.8. The van der Waals surface area contributed by atoms with Gasteiger partial charge in [0.1, 0.15) is 4.90 Å². The van der Waals surface area contributed by atoms with Gasteiger partial charge in [-0.15, -0.1) is 0 Å². The molecule has 0 spiro atoms. The maximum atomic E-state index is 12.0. The Morgan fingerprint density at radius 2 is 1.54 bits per heavy atom. The maximum absolute atomic E-state index is 12.0. The van der Waals surface area contributed by atoms with Crippen molar-refractivity contribution in [3.8, 4) is 0 Å². The third-order valence-corrected chi connectivity index (χ3v) is 4.01. The minimum atomic E-state index is -4.86. The summed E-state index contributed by atoms with van der Waals surface area (Å²) < 4.78 is 36.6. The van der Waals surface area contributed by atoms with Crippen molar-refractivity contribution in [1.82, 2.24) is 0 Å². The summed E-state index contributed by atoms with van der Waals surface area (Å²) in [5, 5.41) is -0.986. The van der Waals surface area contributed by atoms with Crippen molar-refractivity contribution in [3.63, 3.8) is 0 Å². The van der Waals surface area contributed by atoms with E-state index >= 15 is 0 Å². The lowest BCUT2D eigenvalue weighted by Crippen LogP contribution is -2.16. The fourth-order valence-electron chi connectivity index (χ4n) is 1.80. The van der Waals surface area contributed by atoms with Crippen LogP contribution in [0.25, 0.3) is 0 Å². The molecule has 1 N–H and O–H groups in total. The molecule has 2 rings (SSSR count). The zero-order valence-electron chi connectivity index (χ0n) is 11.8. The maximum Gasteiger partial charge on any atom is 0.347 e. The van der Waals surface area contributed by atoms with Gasteiger partial charge in [-0.05, 0) is 41.9 Å². The van der Waals surface area contributed by atoms with Crippen LogP contribution in [0.1, 0.15) is 31.1 Å². The molecule has 0 bridgehead atoms. The Labute approximate surface area is 141 Å². The number of hydrogen-bond donors (Lipinski definition) is 1. The van der Waals surface area contributed by atoms with Gasteiger partial charge >= 0.3 is 11.9 Å². The Bertz CT molecular complexity index is 920. The van der Waals surface area contributed by atoms with E-state index < -0.39 is 37.8 Å². The first-order chi connectivity index (χ1) is 11.2. The summed E-state index contributed by atoms with van der Waals surface area (Å²) in [5.41, 5.74) is -0.787. The highest BCUT2D eigenvalue weighted by Gasteiger charge is 2.25. The highest BCUT2D eigenvalue weighted by atomic mass is 35.5. The zero-order chi connectivity index (χ0) is 17.9. The summed E-state index contributed by atoms with van der Waals surface area (Å²) in [6, 6.07) is 10.2. The van der Waals surface area contributed by atoms with Crippen molar-refractivity contribution in [2.24, 2.45) is 0 Å². The smallest absolute Gasteiger partial charge is 0.347 e. The van der Waals surface area contributed by atoms with Crippen LogP contribution in [0.5, 0.6) is 0 Å². The van der Waals surface area contributed by atoms with Crippen LogP contribution in [0, 0.1) is 0 Å². The van der Waals surface area contributed by atoms with Gasteiger partial charge < -0.3 is 4.74 Å². The predicted molar refractivity (Wildman–Crippen MR) is 82.6 cm³/mol. The lowest BCUT2D eigenvalue weighted by molar-refractivity contribution is 0.0394. The quantitative estimate of drug-likeness (QED) is 0.381. The van der Waals surface area contributed by atoms with Gasteiger partial charge in [-0.2, -0.15) is 8.42 Å². The third kappa shape index (κ3) is 4.05. The van der Waals surface area contributed by atoms with Crippen LogP contribution in [0.15, 0.2) is 53.4 Å². The van der Waals surface area contributed by atoms with Crippen molar-refractivity contribution in [2.45, 2.75) is 4.90 Å². The van der Waals surface area contributed by atoms with Gasteiger partial charge in [-0.3, -0.25) is 9.35 Å². The zero-order valence-corrected chi connectivity index (χ0v) is 13.4. The van der Waals surface area contributed by atoms with Crippen LogP contribution in [0.4, 0.5) is 0 Å². The Morgan fingerprint density at radius 1 is 0.917 bits per heavy atom. The molecular formula is C15H9ClO7S. The summed E-state index contributed by atoms with van der Waals surface area (Å²) >= 11 is 5.24. The van der Waals surface area contributed by atoms with Gasteiger partial charge in [-0.1, -0.05) is 18.2 Å². The van der Waals surface area contributed by atoms with E-state index in [9.17, 15) is 27.4 Å². The molecule has 24 heavy (non-hydrogen) atoms. The Kier molecular flexibility index (Phi) is 5.13. The van der Waals surface area contributed by atoms with E-state index in [1.54, 1.807) is 18.2 Å². The van der Waals surface area contributed by atoms with Crippen LogP contribution in [-0.2, 0) is 14.9 Å². The molecule has 0 amide bonds. The van der Waals surface area contributed by atoms with E-state index in [4.69, 9.17) is 11.6 Å². The second kappa shape index (κ2) is 6.91. The average molecular weight is 369 g/mol. The van der Waals surface area contributed by atoms with Crippen LogP contribution in [-0.4, -0.2) is 30.2 Å². The highest BCUT2D eigenvalue weighted by molar-refractivity contribution is 7.86. The second-order valence-corrected chi connectivity index (χ2v) is 6.24. The Balaban J connectivity index is 2.39. The van der Waals surface area contributed by atoms with Crippen molar-refractivity contribution < 1.29 is 32.1 Å². The molecule has 7 nitrogen and oxygen atoms in total. The van der Waals surface area contributed by atoms with Gasteiger partial charge in [0, 0.05) is 5.56 Å². The van der Waals surface area contributed by atoms with Gasteiger partial charge in [0.2, 0.25) is 0 Å². The topological polar surface area (TPSA) is 115 Å². The molecule has 0 fully saturated rings. The number of esters is 2. The number of ether oxygens (including phenoxy) is 1. The SMILES string of the molecule is O=C(Cl)c1ccc(C(=O)OC(=O)c2ccccc2)c(S(=O)(=O)O)c1. The van der Waals surface area contributed by atoms with Gasteiger partial charge in [0.05, 0.1) is 11.1 Å². The minimum Gasteiger partial charge on any atom is -0.386 e. The number of benzene rings is 2. The summed E-state index contributed by atoms with van der Waals surface area (Å²) in [5.74, 6) is -2.30. The Hall–Kier alpha value is -2.55. The molecule has 0 radical (unpaired) electrons. The highest BCUT2D eigenvalue weighted by Crippen LogP contribution is 2.20. The van der Waals surface area contributed by atoms with Crippen LogP contribution < -0.4 is 0 Å². The van der Waals surface area contributed by atoms with Crippen LogP contribution in [0.3, 0.4) is 0 Å². The molecular weight excluding hydrogens is 360 g/mol. The van der Waals surface area contributed by atoms with Gasteiger partial charge in [0.15, 0.2) is 0 Å². The molecule has 0 saturated carbocycles. The molecule has 124 valence electrons. The summed E-state index contributed by atoms with van der Waals surface area (Å²) in [4.78, 5) is 34.1. The molecule has 0 aliphatic rings. The molecule has 0 heterocycles. The number of carbonyl (C=O) groups excluding carboxylic acids is 3. The summed E-state index contributed by atoms with van der Waals surface area (Å²) in [6.45, 7) is 0. The average Bonchev–Trinajstić information content (AvgIpc) is 2.54. The molecule has 0 atom stereocenters. The normalized spacial score (nSPS) is 10.9.